The predicted octanol–water partition coefficient (Wildman–Crippen LogP) is 3.86. The molecule has 7 nitrogen and oxygen atoms in total. The molecule has 1 atom stereocenters. The number of benzene rings is 2. The number of nitrogens with one attached hydrogen (secondary N) is 2. The summed E-state index contributed by atoms with van der Waals surface area (Å²) >= 11 is 0. The van der Waals surface area contributed by atoms with E-state index in [-0.39, 0.29) is 12.6 Å². The summed E-state index contributed by atoms with van der Waals surface area (Å²) < 4.78 is 16.9. The third kappa shape index (κ3) is 4.92. The fraction of sp³-hybridized carbons (Fsp3) is 0.304. The number of hydrogen-bond donors (Lipinski definition) is 2. The van der Waals surface area contributed by atoms with Crippen LogP contribution in [0.3, 0.4) is 0 Å². The molecule has 2 aromatic rings. The zero-order chi connectivity index (χ0) is 21.5. The fourth-order valence-corrected chi connectivity index (χ4v) is 3.25. The Morgan fingerprint density at radius 1 is 1.00 bits per heavy atom. The zero-order valence-corrected chi connectivity index (χ0v) is 17.4. The molecule has 0 aliphatic carbocycles. The van der Waals surface area contributed by atoms with Gasteiger partial charge in [0.2, 0.25) is 0 Å². The lowest BCUT2D eigenvalue weighted by atomic mass is 9.95. The Bertz CT molecular complexity index is 940. The third-order valence-corrected chi connectivity index (χ3v) is 4.60. The molecule has 0 saturated carbocycles. The smallest absolute Gasteiger partial charge is 0.338 e. The van der Waals surface area contributed by atoms with Crippen molar-refractivity contribution in [2.75, 3.05) is 13.2 Å². The van der Waals surface area contributed by atoms with Gasteiger partial charge in [0.15, 0.2) is 11.5 Å². The van der Waals surface area contributed by atoms with Gasteiger partial charge in [-0.2, -0.15) is 0 Å². The Labute approximate surface area is 176 Å². The van der Waals surface area contributed by atoms with Crippen LogP contribution >= 0.6 is 0 Å². The molecule has 0 aromatic heterocycles. The largest absolute Gasteiger partial charge is 0.490 e. The highest BCUT2D eigenvalue weighted by Crippen LogP contribution is 2.35. The molecule has 0 saturated heterocycles. The number of carbonyl (C=O) groups is 2. The number of hydrogen-bond acceptors (Lipinski definition) is 5. The van der Waals surface area contributed by atoms with Crippen molar-refractivity contribution < 1.29 is 23.8 Å². The summed E-state index contributed by atoms with van der Waals surface area (Å²) in [5.41, 5.74) is 2.56. The first-order valence-electron chi connectivity index (χ1n) is 9.92. The standard InChI is InChI=1S/C23H26N2O5/c1-4-28-19-13-17(11-12-18(19)30-14-16-9-7-6-8-10-16)21-20(22(26)29-5-2)15(3)24-23(27)25-21/h6-13,21H,4-5,14H2,1-3H3,(H2,24,25,27)/t21-/m1/s1. The molecule has 7 heteroatoms. The second-order valence-electron chi connectivity index (χ2n) is 6.70. The van der Waals surface area contributed by atoms with E-state index in [4.69, 9.17) is 14.2 Å². The van der Waals surface area contributed by atoms with Gasteiger partial charge in [-0.25, -0.2) is 9.59 Å². The number of urea groups is 1. The lowest BCUT2D eigenvalue weighted by Gasteiger charge is -2.28. The molecular formula is C23H26N2O5. The average Bonchev–Trinajstić information content (AvgIpc) is 2.73. The van der Waals surface area contributed by atoms with Crippen molar-refractivity contribution in [1.82, 2.24) is 10.6 Å². The maximum atomic E-state index is 12.5. The van der Waals surface area contributed by atoms with Crippen molar-refractivity contribution in [2.45, 2.75) is 33.4 Å². The molecule has 30 heavy (non-hydrogen) atoms. The van der Waals surface area contributed by atoms with Crippen LogP contribution in [0.5, 0.6) is 11.5 Å². The van der Waals surface area contributed by atoms with Gasteiger partial charge in [0.25, 0.3) is 0 Å². The van der Waals surface area contributed by atoms with Gasteiger partial charge in [0.1, 0.15) is 6.61 Å². The summed E-state index contributed by atoms with van der Waals surface area (Å²) in [5.74, 6) is 0.650. The van der Waals surface area contributed by atoms with Crippen molar-refractivity contribution in [3.8, 4) is 11.5 Å². The Hall–Kier alpha value is -3.48. The molecule has 158 valence electrons. The summed E-state index contributed by atoms with van der Waals surface area (Å²) in [6.45, 7) is 6.39. The number of esters is 1. The van der Waals surface area contributed by atoms with Crippen LogP contribution in [-0.4, -0.2) is 25.2 Å². The molecule has 1 heterocycles. The van der Waals surface area contributed by atoms with Crippen LogP contribution in [0, 0.1) is 0 Å². The van der Waals surface area contributed by atoms with Gasteiger partial charge in [-0.1, -0.05) is 36.4 Å². The predicted molar refractivity (Wildman–Crippen MR) is 112 cm³/mol. The van der Waals surface area contributed by atoms with E-state index < -0.39 is 12.0 Å². The van der Waals surface area contributed by atoms with Gasteiger partial charge in [-0.3, -0.25) is 0 Å². The summed E-state index contributed by atoms with van der Waals surface area (Å²) in [4.78, 5) is 24.6. The first-order valence-corrected chi connectivity index (χ1v) is 9.92. The van der Waals surface area contributed by atoms with Crippen molar-refractivity contribution >= 4 is 12.0 Å². The molecule has 3 rings (SSSR count). The van der Waals surface area contributed by atoms with Gasteiger partial charge in [0.05, 0.1) is 24.8 Å². The van der Waals surface area contributed by atoms with E-state index in [9.17, 15) is 9.59 Å². The number of carbonyl (C=O) groups excluding carboxylic acids is 2. The normalized spacial score (nSPS) is 15.8. The van der Waals surface area contributed by atoms with E-state index >= 15 is 0 Å². The summed E-state index contributed by atoms with van der Waals surface area (Å²) in [7, 11) is 0. The third-order valence-electron chi connectivity index (χ3n) is 4.60. The van der Waals surface area contributed by atoms with Crippen molar-refractivity contribution in [3.63, 3.8) is 0 Å². The Morgan fingerprint density at radius 2 is 1.77 bits per heavy atom. The van der Waals surface area contributed by atoms with Crippen LogP contribution in [0.1, 0.15) is 37.9 Å². The number of ether oxygens (including phenoxy) is 3. The average molecular weight is 410 g/mol. The van der Waals surface area contributed by atoms with E-state index in [2.05, 4.69) is 10.6 Å². The van der Waals surface area contributed by atoms with Gasteiger partial charge in [-0.15, -0.1) is 0 Å². The van der Waals surface area contributed by atoms with Crippen LogP contribution in [0.25, 0.3) is 0 Å². The lowest BCUT2D eigenvalue weighted by molar-refractivity contribution is -0.139. The first kappa shape index (κ1) is 21.2. The van der Waals surface area contributed by atoms with Gasteiger partial charge >= 0.3 is 12.0 Å². The minimum Gasteiger partial charge on any atom is -0.490 e. The molecule has 0 fully saturated rings. The minimum atomic E-state index is -0.653. The maximum Gasteiger partial charge on any atom is 0.338 e. The minimum absolute atomic E-state index is 0.243. The van der Waals surface area contributed by atoms with Crippen LogP contribution in [0.15, 0.2) is 59.8 Å². The molecule has 1 aliphatic heterocycles. The summed E-state index contributed by atoms with van der Waals surface area (Å²) in [6.07, 6.45) is 0. The quantitative estimate of drug-likeness (QED) is 0.646. The topological polar surface area (TPSA) is 85.9 Å². The second-order valence-corrected chi connectivity index (χ2v) is 6.70. The van der Waals surface area contributed by atoms with E-state index in [1.807, 2.05) is 43.3 Å². The maximum absolute atomic E-state index is 12.5. The van der Waals surface area contributed by atoms with Crippen LogP contribution in [0.4, 0.5) is 4.79 Å². The van der Waals surface area contributed by atoms with Gasteiger partial charge < -0.3 is 24.8 Å². The van der Waals surface area contributed by atoms with Crippen LogP contribution < -0.4 is 20.1 Å². The van der Waals surface area contributed by atoms with E-state index in [0.29, 0.717) is 41.5 Å². The fourth-order valence-electron chi connectivity index (χ4n) is 3.25. The van der Waals surface area contributed by atoms with Crippen LogP contribution in [-0.2, 0) is 16.1 Å². The second kappa shape index (κ2) is 9.82. The highest BCUT2D eigenvalue weighted by atomic mass is 16.5. The van der Waals surface area contributed by atoms with E-state index in [1.54, 1.807) is 26.0 Å². The molecule has 0 spiro atoms. The summed E-state index contributed by atoms with van der Waals surface area (Å²) in [5, 5.41) is 5.42. The van der Waals surface area contributed by atoms with Crippen molar-refractivity contribution in [2.24, 2.45) is 0 Å². The van der Waals surface area contributed by atoms with E-state index in [1.165, 1.54) is 0 Å². The van der Waals surface area contributed by atoms with Crippen molar-refractivity contribution in [3.05, 3.63) is 70.9 Å². The van der Waals surface area contributed by atoms with Crippen molar-refractivity contribution in [1.29, 1.82) is 0 Å². The highest BCUT2D eigenvalue weighted by Gasteiger charge is 2.32. The Kier molecular flexibility index (Phi) is 6.95. The molecule has 2 amide bonds. The SMILES string of the molecule is CCOC(=O)C1=C(C)NC(=O)N[C@@H]1c1ccc(OCc2ccccc2)c(OCC)c1. The molecule has 0 unspecified atom stereocenters. The molecule has 2 N–H and O–H groups in total. The molecule has 2 aromatic carbocycles. The van der Waals surface area contributed by atoms with E-state index in [0.717, 1.165) is 5.56 Å². The highest BCUT2D eigenvalue weighted by molar-refractivity contribution is 5.95. The lowest BCUT2D eigenvalue weighted by Crippen LogP contribution is -2.45. The van der Waals surface area contributed by atoms with Gasteiger partial charge in [0, 0.05) is 5.70 Å². The number of rotatable bonds is 8. The Balaban J connectivity index is 1.90. The summed E-state index contributed by atoms with van der Waals surface area (Å²) in [6, 6.07) is 14.2. The number of allylic oxidation sites excluding steroid dienone is 1. The molecular weight excluding hydrogens is 384 g/mol. The molecule has 1 aliphatic rings. The molecule has 0 radical (unpaired) electrons. The van der Waals surface area contributed by atoms with Crippen LogP contribution in [0.2, 0.25) is 0 Å². The Morgan fingerprint density at radius 3 is 2.47 bits per heavy atom. The van der Waals surface area contributed by atoms with Gasteiger partial charge in [-0.05, 0) is 44.0 Å². The zero-order valence-electron chi connectivity index (χ0n) is 17.4. The molecule has 0 bridgehead atoms. The monoisotopic (exact) mass is 410 g/mol. The first-order chi connectivity index (χ1) is 14.5. The number of amides is 2.